The number of hydrogen-bond acceptors (Lipinski definition) is 3. The molecular formula is C15H19NO3. The van der Waals surface area contributed by atoms with Gasteiger partial charge in [-0.05, 0) is 36.3 Å². The molecule has 0 unspecified atom stereocenters. The van der Waals surface area contributed by atoms with E-state index in [1.807, 2.05) is 31.2 Å². The van der Waals surface area contributed by atoms with Crippen LogP contribution in [0.25, 0.3) is 6.08 Å². The maximum absolute atomic E-state index is 12.0. The third-order valence-electron chi connectivity index (χ3n) is 3.28. The van der Waals surface area contributed by atoms with Crippen molar-refractivity contribution in [3.63, 3.8) is 0 Å². The number of ether oxygens (including phenoxy) is 2. The van der Waals surface area contributed by atoms with Crippen molar-refractivity contribution in [3.05, 3.63) is 35.5 Å². The Morgan fingerprint density at radius 2 is 2.11 bits per heavy atom. The van der Waals surface area contributed by atoms with Crippen molar-refractivity contribution in [1.82, 2.24) is 4.90 Å². The van der Waals surface area contributed by atoms with Crippen LogP contribution in [-0.2, 0) is 9.53 Å². The first-order valence-electron chi connectivity index (χ1n) is 6.34. The highest BCUT2D eigenvalue weighted by Crippen LogP contribution is 2.29. The van der Waals surface area contributed by atoms with Crippen LogP contribution in [0, 0.1) is 0 Å². The van der Waals surface area contributed by atoms with Crippen LogP contribution in [0.3, 0.4) is 0 Å². The van der Waals surface area contributed by atoms with E-state index in [0.717, 1.165) is 16.9 Å². The second-order valence-corrected chi connectivity index (χ2v) is 4.62. The molecule has 1 aliphatic rings. The molecule has 0 N–H and O–H groups in total. The zero-order chi connectivity index (χ0) is 13.8. The summed E-state index contributed by atoms with van der Waals surface area (Å²) in [6.45, 7) is 3.01. The van der Waals surface area contributed by atoms with Gasteiger partial charge in [-0.2, -0.15) is 0 Å². The quantitative estimate of drug-likeness (QED) is 0.780. The van der Waals surface area contributed by atoms with Gasteiger partial charge in [-0.1, -0.05) is 6.07 Å². The minimum atomic E-state index is -0.136. The summed E-state index contributed by atoms with van der Waals surface area (Å²) in [5.41, 5.74) is 2.06. The van der Waals surface area contributed by atoms with Crippen molar-refractivity contribution in [1.29, 1.82) is 0 Å². The number of carbonyl (C=O) groups is 1. The van der Waals surface area contributed by atoms with E-state index in [0.29, 0.717) is 13.2 Å². The van der Waals surface area contributed by atoms with Gasteiger partial charge in [0.25, 0.3) is 0 Å². The van der Waals surface area contributed by atoms with Gasteiger partial charge in [-0.15, -0.1) is 0 Å². The number of fused-ring (bicyclic) bond motifs is 1. The molecule has 0 fully saturated rings. The van der Waals surface area contributed by atoms with Crippen molar-refractivity contribution in [3.8, 4) is 5.75 Å². The number of nitrogens with zero attached hydrogens (tertiary/aromatic N) is 1. The lowest BCUT2D eigenvalue weighted by Gasteiger charge is -2.16. The number of amides is 1. The predicted molar refractivity (Wildman–Crippen MR) is 74.0 cm³/mol. The van der Waals surface area contributed by atoms with Crippen molar-refractivity contribution < 1.29 is 14.3 Å². The topological polar surface area (TPSA) is 38.8 Å². The number of benzene rings is 1. The molecule has 1 aliphatic heterocycles. The summed E-state index contributed by atoms with van der Waals surface area (Å²) < 4.78 is 10.5. The molecule has 102 valence electrons. The predicted octanol–water partition coefficient (Wildman–Crippen LogP) is 2.26. The molecule has 1 heterocycles. The normalized spacial score (nSPS) is 18.2. The Balaban J connectivity index is 2.24. The van der Waals surface area contributed by atoms with Crippen LogP contribution in [0.2, 0.25) is 0 Å². The molecule has 4 nitrogen and oxygen atoms in total. The summed E-state index contributed by atoms with van der Waals surface area (Å²) in [5.74, 6) is 0.760. The largest absolute Gasteiger partial charge is 0.491 e. The van der Waals surface area contributed by atoms with E-state index in [4.69, 9.17) is 9.47 Å². The van der Waals surface area contributed by atoms with Gasteiger partial charge >= 0.3 is 0 Å². The fourth-order valence-corrected chi connectivity index (χ4v) is 2.13. The van der Waals surface area contributed by atoms with Crippen LogP contribution in [0.1, 0.15) is 24.0 Å². The van der Waals surface area contributed by atoms with Crippen molar-refractivity contribution in [2.75, 3.05) is 27.4 Å². The zero-order valence-electron chi connectivity index (χ0n) is 11.6. The first-order chi connectivity index (χ1) is 9.13. The lowest BCUT2D eigenvalue weighted by molar-refractivity contribution is -0.128. The molecule has 19 heavy (non-hydrogen) atoms. The highest BCUT2D eigenvalue weighted by Gasteiger charge is 2.22. The van der Waals surface area contributed by atoms with E-state index >= 15 is 0 Å². The fourth-order valence-electron chi connectivity index (χ4n) is 2.13. The third-order valence-corrected chi connectivity index (χ3v) is 3.28. The Kier molecular flexibility index (Phi) is 4.22. The van der Waals surface area contributed by atoms with Crippen LogP contribution < -0.4 is 4.74 Å². The fraction of sp³-hybridized carbons (Fsp3) is 0.400. The van der Waals surface area contributed by atoms with Crippen LogP contribution in [0.5, 0.6) is 5.75 Å². The summed E-state index contributed by atoms with van der Waals surface area (Å²) in [4.78, 5) is 13.7. The SMILES string of the molecule is COCCOc1ccc2c(c1)C=CN(C)C(=O)[C@@H]2C. The standard InChI is InChI=1S/C15H19NO3/c1-11-14-5-4-13(19-9-8-18-3)10-12(14)6-7-16(2)15(11)17/h4-7,10-11H,8-9H2,1-3H3/t11-/m1/s1. The molecule has 1 aromatic carbocycles. The van der Waals surface area contributed by atoms with Crippen molar-refractivity contribution >= 4 is 12.0 Å². The van der Waals surface area contributed by atoms with Gasteiger partial charge in [0.2, 0.25) is 5.91 Å². The molecule has 0 radical (unpaired) electrons. The summed E-state index contributed by atoms with van der Waals surface area (Å²) in [6.07, 6.45) is 3.74. The molecule has 1 atom stereocenters. The summed E-state index contributed by atoms with van der Waals surface area (Å²) in [7, 11) is 3.42. The van der Waals surface area contributed by atoms with E-state index in [2.05, 4.69) is 0 Å². The summed E-state index contributed by atoms with van der Waals surface area (Å²) in [5, 5.41) is 0. The highest BCUT2D eigenvalue weighted by atomic mass is 16.5. The molecule has 0 aliphatic carbocycles. The average Bonchev–Trinajstić information content (AvgIpc) is 2.52. The monoisotopic (exact) mass is 261 g/mol. The zero-order valence-corrected chi connectivity index (χ0v) is 11.6. The van der Waals surface area contributed by atoms with E-state index in [-0.39, 0.29) is 11.8 Å². The first-order valence-corrected chi connectivity index (χ1v) is 6.34. The molecule has 0 spiro atoms. The molecule has 4 heteroatoms. The first kappa shape index (κ1) is 13.6. The van der Waals surface area contributed by atoms with Gasteiger partial charge in [-0.3, -0.25) is 4.79 Å². The maximum Gasteiger partial charge on any atom is 0.233 e. The Bertz CT molecular complexity index is 496. The van der Waals surface area contributed by atoms with Gasteiger partial charge in [0, 0.05) is 20.4 Å². The molecule has 1 amide bonds. The number of hydrogen-bond donors (Lipinski definition) is 0. The van der Waals surface area contributed by atoms with Crippen molar-refractivity contribution in [2.45, 2.75) is 12.8 Å². The number of methoxy groups -OCH3 is 1. The Morgan fingerprint density at radius 3 is 2.84 bits per heavy atom. The van der Waals surface area contributed by atoms with Crippen molar-refractivity contribution in [2.24, 2.45) is 0 Å². The Morgan fingerprint density at radius 1 is 1.32 bits per heavy atom. The van der Waals surface area contributed by atoms with E-state index in [1.165, 1.54) is 0 Å². The minimum Gasteiger partial charge on any atom is -0.491 e. The smallest absolute Gasteiger partial charge is 0.233 e. The third kappa shape index (κ3) is 2.96. The van der Waals surface area contributed by atoms with Gasteiger partial charge in [0.1, 0.15) is 12.4 Å². The van der Waals surface area contributed by atoms with Gasteiger partial charge in [-0.25, -0.2) is 0 Å². The lowest BCUT2D eigenvalue weighted by atomic mass is 9.95. The highest BCUT2D eigenvalue weighted by molar-refractivity contribution is 5.87. The van der Waals surface area contributed by atoms with Crippen LogP contribution >= 0.6 is 0 Å². The molecule has 1 aromatic rings. The van der Waals surface area contributed by atoms with Crippen LogP contribution in [0.4, 0.5) is 0 Å². The van der Waals surface area contributed by atoms with Gasteiger partial charge in [0.05, 0.1) is 12.5 Å². The number of rotatable bonds is 4. The number of carbonyl (C=O) groups excluding carboxylic acids is 1. The molecular weight excluding hydrogens is 242 g/mol. The molecule has 0 saturated carbocycles. The van der Waals surface area contributed by atoms with Crippen LogP contribution in [0.15, 0.2) is 24.4 Å². The summed E-state index contributed by atoms with van der Waals surface area (Å²) in [6, 6.07) is 5.82. The summed E-state index contributed by atoms with van der Waals surface area (Å²) >= 11 is 0. The molecule has 0 bridgehead atoms. The van der Waals surface area contributed by atoms with Gasteiger partial charge in [0.15, 0.2) is 0 Å². The van der Waals surface area contributed by atoms with Crippen LogP contribution in [-0.4, -0.2) is 38.2 Å². The van der Waals surface area contributed by atoms with E-state index < -0.39 is 0 Å². The molecule has 0 aromatic heterocycles. The minimum absolute atomic E-state index is 0.100. The van der Waals surface area contributed by atoms with E-state index in [1.54, 1.807) is 25.3 Å². The number of likely N-dealkylation sites (N-methyl/N-ethyl adjacent to an activating group) is 1. The second-order valence-electron chi connectivity index (χ2n) is 4.62. The van der Waals surface area contributed by atoms with Gasteiger partial charge < -0.3 is 14.4 Å². The Labute approximate surface area is 113 Å². The lowest BCUT2D eigenvalue weighted by Crippen LogP contribution is -2.24. The molecule has 0 saturated heterocycles. The van der Waals surface area contributed by atoms with E-state index in [9.17, 15) is 4.79 Å². The maximum atomic E-state index is 12.0. The average molecular weight is 261 g/mol. The molecule has 2 rings (SSSR count). The second kappa shape index (κ2) is 5.89. The Hall–Kier alpha value is -1.81.